The van der Waals surface area contributed by atoms with Gasteiger partial charge in [0.05, 0.1) is 36.5 Å². The third kappa shape index (κ3) is 6.59. The number of ether oxygens (including phenoxy) is 1. The normalized spacial score (nSPS) is 16.4. The number of aryl methyl sites for hydroxylation is 1. The summed E-state index contributed by atoms with van der Waals surface area (Å²) < 4.78 is 7.61. The van der Waals surface area contributed by atoms with E-state index in [4.69, 9.17) is 9.84 Å². The van der Waals surface area contributed by atoms with Gasteiger partial charge in [0.2, 0.25) is 0 Å². The van der Waals surface area contributed by atoms with Crippen LogP contribution in [0.1, 0.15) is 64.5 Å². The number of benzene rings is 2. The van der Waals surface area contributed by atoms with Crippen molar-refractivity contribution in [3.05, 3.63) is 87.0 Å². The number of fused-ring (bicyclic) bond motifs is 1. The quantitative estimate of drug-likeness (QED) is 0.299. The van der Waals surface area contributed by atoms with Crippen molar-refractivity contribution in [1.82, 2.24) is 29.9 Å². The summed E-state index contributed by atoms with van der Waals surface area (Å²) in [7, 11) is 3.94. The minimum absolute atomic E-state index is 0.149. The summed E-state index contributed by atoms with van der Waals surface area (Å²) >= 11 is 0. The van der Waals surface area contributed by atoms with Crippen LogP contribution in [0.4, 0.5) is 0 Å². The molecule has 4 aromatic rings. The van der Waals surface area contributed by atoms with Crippen LogP contribution in [0.5, 0.6) is 0 Å². The summed E-state index contributed by atoms with van der Waals surface area (Å²) in [6.45, 7) is 7.02. The van der Waals surface area contributed by atoms with Crippen LogP contribution in [0.15, 0.2) is 53.5 Å². The van der Waals surface area contributed by atoms with E-state index in [0.717, 1.165) is 79.0 Å². The number of pyridine rings is 1. The fourth-order valence-corrected chi connectivity index (χ4v) is 6.48. The largest absolute Gasteiger partial charge is 0.379 e. The molecule has 1 saturated heterocycles. The molecule has 2 aromatic carbocycles. The average molecular weight is 583 g/mol. The van der Waals surface area contributed by atoms with Crippen molar-refractivity contribution >= 4 is 16.8 Å². The van der Waals surface area contributed by atoms with Gasteiger partial charge in [-0.25, -0.2) is 0 Å². The van der Waals surface area contributed by atoms with Crippen LogP contribution in [0.3, 0.4) is 0 Å². The van der Waals surface area contributed by atoms with Crippen molar-refractivity contribution in [3.8, 4) is 11.1 Å². The molecule has 6 rings (SSSR count). The van der Waals surface area contributed by atoms with Crippen molar-refractivity contribution < 1.29 is 9.53 Å². The third-order valence-corrected chi connectivity index (χ3v) is 8.70. The van der Waals surface area contributed by atoms with Crippen LogP contribution in [0.2, 0.25) is 0 Å². The molecule has 1 amide bonds. The van der Waals surface area contributed by atoms with E-state index in [9.17, 15) is 9.59 Å². The zero-order valence-electron chi connectivity index (χ0n) is 25.5. The molecule has 1 saturated carbocycles. The highest BCUT2D eigenvalue weighted by atomic mass is 16.5. The Balaban J connectivity index is 1.32. The first kappa shape index (κ1) is 29.3. The summed E-state index contributed by atoms with van der Waals surface area (Å²) in [4.78, 5) is 34.1. The van der Waals surface area contributed by atoms with E-state index in [1.54, 1.807) is 0 Å². The summed E-state index contributed by atoms with van der Waals surface area (Å²) in [5.74, 6) is -0.211. The Morgan fingerprint density at radius 1 is 1.07 bits per heavy atom. The lowest BCUT2D eigenvalue weighted by molar-refractivity contribution is 0.0342. The van der Waals surface area contributed by atoms with Crippen molar-refractivity contribution in [2.45, 2.75) is 58.3 Å². The van der Waals surface area contributed by atoms with Gasteiger partial charge in [-0.2, -0.15) is 5.10 Å². The van der Waals surface area contributed by atoms with Crippen LogP contribution in [-0.4, -0.2) is 70.9 Å². The Hall–Kier alpha value is -3.79. The first-order valence-corrected chi connectivity index (χ1v) is 15.4. The second-order valence-corrected chi connectivity index (χ2v) is 12.3. The zero-order chi connectivity index (χ0) is 29.9. The minimum Gasteiger partial charge on any atom is -0.379 e. The fraction of sp³-hybridized carbons (Fsp3) is 0.441. The molecule has 0 unspecified atom stereocenters. The third-order valence-electron chi connectivity index (χ3n) is 8.70. The number of hydrogen-bond donors (Lipinski definition) is 2. The van der Waals surface area contributed by atoms with Crippen molar-refractivity contribution in [2.24, 2.45) is 0 Å². The lowest BCUT2D eigenvalue weighted by Gasteiger charge is -2.26. The Bertz CT molecular complexity index is 1640. The number of aromatic amines is 1. The Morgan fingerprint density at radius 3 is 2.53 bits per heavy atom. The molecular formula is C34H42N6O3. The number of carbonyl (C=O) groups excluding carboxylic acids is 1. The maximum absolute atomic E-state index is 13.8. The smallest absolute Gasteiger partial charge is 0.253 e. The van der Waals surface area contributed by atoms with Crippen LogP contribution >= 0.6 is 0 Å². The molecule has 226 valence electrons. The van der Waals surface area contributed by atoms with Gasteiger partial charge in [0.1, 0.15) is 0 Å². The van der Waals surface area contributed by atoms with Crippen LogP contribution in [0, 0.1) is 6.92 Å². The molecule has 2 N–H and O–H groups in total. The predicted octanol–water partition coefficient (Wildman–Crippen LogP) is 4.64. The second kappa shape index (κ2) is 12.8. The fourth-order valence-electron chi connectivity index (χ4n) is 6.48. The standard InChI is InChI=1S/C34H42N6O3/c1-23-16-27(22-38(2)3)30(34(42)37-23)19-35-33(41)29-17-26(18-32-31(29)20-36-40(32)28-6-4-5-7-28)25-10-8-24(9-11-25)21-39-12-14-43-15-13-39/h8-11,16-18,20,28H,4-7,12-15,19,21-22H2,1-3H3,(H,35,41)(H,37,42). The molecule has 3 heterocycles. The van der Waals surface area contributed by atoms with Gasteiger partial charge in [-0.1, -0.05) is 37.1 Å². The number of nitrogens with one attached hydrogen (secondary N) is 2. The highest BCUT2D eigenvalue weighted by Crippen LogP contribution is 2.35. The lowest BCUT2D eigenvalue weighted by Crippen LogP contribution is -2.35. The van der Waals surface area contributed by atoms with Gasteiger partial charge in [-0.15, -0.1) is 0 Å². The number of amides is 1. The molecule has 0 radical (unpaired) electrons. The van der Waals surface area contributed by atoms with Crippen LogP contribution in [0.25, 0.3) is 22.0 Å². The molecule has 2 fully saturated rings. The maximum Gasteiger partial charge on any atom is 0.253 e. The van der Waals surface area contributed by atoms with Gasteiger partial charge in [0, 0.05) is 49.4 Å². The molecule has 1 aliphatic heterocycles. The highest BCUT2D eigenvalue weighted by molar-refractivity contribution is 6.08. The first-order valence-electron chi connectivity index (χ1n) is 15.4. The van der Waals surface area contributed by atoms with Crippen molar-refractivity contribution in [1.29, 1.82) is 0 Å². The van der Waals surface area contributed by atoms with Crippen molar-refractivity contribution in [2.75, 3.05) is 40.4 Å². The van der Waals surface area contributed by atoms with E-state index in [1.165, 1.54) is 18.4 Å². The number of rotatable bonds is 9. The van der Waals surface area contributed by atoms with E-state index in [2.05, 4.69) is 50.2 Å². The van der Waals surface area contributed by atoms with Gasteiger partial charge in [0.15, 0.2) is 0 Å². The van der Waals surface area contributed by atoms with Gasteiger partial charge in [0.25, 0.3) is 11.5 Å². The summed E-state index contributed by atoms with van der Waals surface area (Å²) in [5, 5.41) is 8.68. The number of aromatic nitrogens is 3. The predicted molar refractivity (Wildman–Crippen MR) is 169 cm³/mol. The van der Waals surface area contributed by atoms with Crippen LogP contribution < -0.4 is 10.9 Å². The molecule has 9 heteroatoms. The van der Waals surface area contributed by atoms with E-state index >= 15 is 0 Å². The Morgan fingerprint density at radius 2 is 1.81 bits per heavy atom. The zero-order valence-corrected chi connectivity index (χ0v) is 25.5. The molecule has 43 heavy (non-hydrogen) atoms. The number of hydrogen-bond acceptors (Lipinski definition) is 6. The van der Waals surface area contributed by atoms with Gasteiger partial charge in [-0.3, -0.25) is 19.2 Å². The monoisotopic (exact) mass is 582 g/mol. The molecule has 2 aromatic heterocycles. The average Bonchev–Trinajstić information content (AvgIpc) is 3.67. The summed E-state index contributed by atoms with van der Waals surface area (Å²) in [5.41, 5.74) is 7.00. The summed E-state index contributed by atoms with van der Waals surface area (Å²) in [6.07, 6.45) is 6.43. The molecule has 1 aliphatic carbocycles. The van der Waals surface area contributed by atoms with E-state index in [0.29, 0.717) is 23.7 Å². The number of nitrogens with zero attached hydrogens (tertiary/aromatic N) is 4. The van der Waals surface area contributed by atoms with Crippen LogP contribution in [-0.2, 0) is 24.4 Å². The van der Waals surface area contributed by atoms with E-state index < -0.39 is 0 Å². The molecule has 9 nitrogen and oxygen atoms in total. The molecule has 0 spiro atoms. The second-order valence-electron chi connectivity index (χ2n) is 12.3. The summed E-state index contributed by atoms with van der Waals surface area (Å²) in [6, 6.07) is 15.1. The first-order chi connectivity index (χ1) is 20.9. The minimum atomic E-state index is -0.211. The van der Waals surface area contributed by atoms with Gasteiger partial charge < -0.3 is 19.9 Å². The molecule has 2 aliphatic rings. The number of morpholine rings is 1. The maximum atomic E-state index is 13.8. The highest BCUT2D eigenvalue weighted by Gasteiger charge is 2.23. The Labute approximate surface area is 252 Å². The SMILES string of the molecule is Cc1cc(CN(C)C)c(CNC(=O)c2cc(-c3ccc(CN4CCOCC4)cc3)cc3c2cnn3C2CCCC2)c(=O)[nH]1. The molecular weight excluding hydrogens is 540 g/mol. The topological polar surface area (TPSA) is 95.5 Å². The molecule has 0 atom stereocenters. The van der Waals surface area contributed by atoms with Gasteiger partial charge in [-0.05, 0) is 74.3 Å². The van der Waals surface area contributed by atoms with E-state index in [1.807, 2.05) is 44.2 Å². The van der Waals surface area contributed by atoms with Gasteiger partial charge >= 0.3 is 0 Å². The Kier molecular flexibility index (Phi) is 8.74. The number of H-pyrrole nitrogens is 1. The number of carbonyl (C=O) groups is 1. The van der Waals surface area contributed by atoms with Crippen molar-refractivity contribution in [3.63, 3.8) is 0 Å². The van der Waals surface area contributed by atoms with E-state index in [-0.39, 0.29) is 18.0 Å². The lowest BCUT2D eigenvalue weighted by atomic mass is 9.98. The molecule has 0 bridgehead atoms.